The van der Waals surface area contributed by atoms with Gasteiger partial charge in [-0.2, -0.15) is 0 Å². The molecule has 0 saturated carbocycles. The zero-order valence-electron chi connectivity index (χ0n) is 2.85. The third-order valence-electron chi connectivity index (χ3n) is 0. The van der Waals surface area contributed by atoms with Crippen LogP contribution >= 0.6 is 0 Å². The van der Waals surface area contributed by atoms with Gasteiger partial charge in [-0.1, -0.05) is 6.55 Å². The molecule has 0 saturated heterocycles. The van der Waals surface area contributed by atoms with Gasteiger partial charge >= 0.3 is 0 Å². The van der Waals surface area contributed by atoms with Crippen molar-refractivity contribution in [2.45, 2.75) is 6.55 Å². The molecule has 0 atom stereocenters. The van der Waals surface area contributed by atoms with Crippen LogP contribution in [0.1, 0.15) is 0 Å². The molecule has 0 fully saturated rings. The van der Waals surface area contributed by atoms with Gasteiger partial charge in [0.05, 0.1) is 0 Å². The first-order chi connectivity index (χ1) is 1.00. The second-order valence-electron chi connectivity index (χ2n) is 0. The minimum atomic E-state index is 0. The van der Waals surface area contributed by atoms with Crippen molar-refractivity contribution in [2.75, 3.05) is 0 Å². The van der Waals surface area contributed by atoms with Crippen molar-refractivity contribution in [3.63, 3.8) is 0 Å². The van der Waals surface area contributed by atoms with Crippen LogP contribution in [0.15, 0.2) is 0 Å². The van der Waals surface area contributed by atoms with E-state index in [9.17, 15) is 0 Å². The van der Waals surface area contributed by atoms with E-state index in [1.165, 1.54) is 10.2 Å². The van der Waals surface area contributed by atoms with Gasteiger partial charge in [0.25, 0.3) is 0 Å². The Labute approximate surface area is 72.4 Å². The van der Waals surface area contributed by atoms with Gasteiger partial charge in [-0.15, -0.1) is 0 Å². The standard InChI is InChI=1S/CH6Si.Al.Fe.Ti.3H/c1-2;;;;;;/h1-2H3;;;;;;. The molecule has 0 spiro atoms. The van der Waals surface area contributed by atoms with E-state index in [4.69, 9.17) is 0 Å². The molecule has 0 aliphatic rings. The first-order valence-electron chi connectivity index (χ1n) is 1.00. The van der Waals surface area contributed by atoms with Crippen molar-refractivity contribution in [1.82, 2.24) is 0 Å². The molecule has 0 nitrogen and oxygen atoms in total. The topological polar surface area (TPSA) is 0 Å². The van der Waals surface area contributed by atoms with Gasteiger partial charge in [-0.25, -0.2) is 0 Å². The normalized spacial score (nSPS) is 1.80. The Morgan fingerprint density at radius 1 is 1.20 bits per heavy atom. The summed E-state index contributed by atoms with van der Waals surface area (Å²) in [5.41, 5.74) is 0. The Bertz CT molecular complexity index is 11.6. The second-order valence-corrected chi connectivity index (χ2v) is 0. The summed E-state index contributed by atoms with van der Waals surface area (Å²) >= 11 is 0. The van der Waals surface area contributed by atoms with Gasteiger partial charge in [0.1, 0.15) is 0 Å². The monoisotopic (exact) mass is 180 g/mol. The summed E-state index contributed by atoms with van der Waals surface area (Å²) in [6, 6.07) is 0. The molecule has 0 amide bonds. The first-order valence-corrected chi connectivity index (χ1v) is 3.00. The SMILES string of the molecule is C[SiH3].[AlH3].[Fe].[Ti]. The third kappa shape index (κ3) is 24.1. The second kappa shape index (κ2) is 37.8. The Morgan fingerprint density at radius 2 is 1.20 bits per heavy atom. The van der Waals surface area contributed by atoms with Crippen LogP contribution in [-0.4, -0.2) is 27.6 Å². The van der Waals surface area contributed by atoms with Gasteiger partial charge in [0.2, 0.25) is 0 Å². The molecule has 5 heavy (non-hydrogen) atoms. The zero-order valence-corrected chi connectivity index (χ0v) is 7.52. The maximum atomic E-state index is 2.14. The van der Waals surface area contributed by atoms with Crippen molar-refractivity contribution in [3.8, 4) is 0 Å². The molecular weight excluding hydrogens is 171 g/mol. The van der Waals surface area contributed by atoms with E-state index < -0.39 is 0 Å². The van der Waals surface area contributed by atoms with Crippen molar-refractivity contribution in [3.05, 3.63) is 0 Å². The molecule has 0 aromatic carbocycles. The minimum absolute atomic E-state index is 0. The summed E-state index contributed by atoms with van der Waals surface area (Å²) in [7, 11) is 1.31. The minimum Gasteiger partial charge on any atom is -0.0777 e. The van der Waals surface area contributed by atoms with Crippen LogP contribution in [0.2, 0.25) is 6.55 Å². The maximum Gasteiger partial charge on any atom is 0.187 e. The van der Waals surface area contributed by atoms with Crippen LogP contribution in [0.3, 0.4) is 0 Å². The van der Waals surface area contributed by atoms with Gasteiger partial charge < -0.3 is 0 Å². The molecule has 0 aromatic rings. The third-order valence-corrected chi connectivity index (χ3v) is 0. The smallest absolute Gasteiger partial charge is 0.0777 e. The van der Waals surface area contributed by atoms with Gasteiger partial charge in [-0.05, 0) is 10.2 Å². The molecule has 0 aliphatic heterocycles. The maximum absolute atomic E-state index is 2.14. The predicted molar refractivity (Wildman–Crippen MR) is 25.7 cm³/mol. The van der Waals surface area contributed by atoms with Crippen LogP contribution in [0.5, 0.6) is 0 Å². The Kier molecular flexibility index (Phi) is 212. The summed E-state index contributed by atoms with van der Waals surface area (Å²) in [6.45, 7) is 2.14. The molecule has 0 heterocycles. The first kappa shape index (κ1) is 28.1. The molecule has 0 radical (unpaired) electrons. The quantitative estimate of drug-likeness (QED) is 0.386. The van der Waals surface area contributed by atoms with Crippen molar-refractivity contribution in [1.29, 1.82) is 0 Å². The molecule has 0 rings (SSSR count). The van der Waals surface area contributed by atoms with Crippen molar-refractivity contribution in [2.24, 2.45) is 0 Å². The molecule has 0 N–H and O–H groups in total. The summed E-state index contributed by atoms with van der Waals surface area (Å²) in [5, 5.41) is 0. The summed E-state index contributed by atoms with van der Waals surface area (Å²) in [6.07, 6.45) is 0. The fourth-order valence-electron chi connectivity index (χ4n) is 0. The van der Waals surface area contributed by atoms with Gasteiger partial charge in [0.15, 0.2) is 17.4 Å². The average Bonchev–Trinajstić information content (AvgIpc) is 1.00. The Hall–Kier alpha value is 1.98. The molecule has 0 aliphatic carbocycles. The fourth-order valence-corrected chi connectivity index (χ4v) is 0. The van der Waals surface area contributed by atoms with Crippen LogP contribution in [0, 0.1) is 0 Å². The van der Waals surface area contributed by atoms with Crippen LogP contribution in [0.25, 0.3) is 0 Å². The molecule has 0 aromatic heterocycles. The summed E-state index contributed by atoms with van der Waals surface area (Å²) < 4.78 is 0. The van der Waals surface area contributed by atoms with E-state index in [0.29, 0.717) is 0 Å². The molecule has 4 heteroatoms. The summed E-state index contributed by atoms with van der Waals surface area (Å²) in [4.78, 5) is 0. The number of rotatable bonds is 0. The molecule has 0 bridgehead atoms. The Balaban J connectivity index is -0.00000000167. The number of hydrogen-bond donors (Lipinski definition) is 0. The molecular formula is CH9AlFeSiTi. The van der Waals surface area contributed by atoms with Crippen LogP contribution in [-0.2, 0) is 38.8 Å². The van der Waals surface area contributed by atoms with E-state index in [2.05, 4.69) is 6.55 Å². The number of hydrogen-bond acceptors (Lipinski definition) is 0. The largest absolute Gasteiger partial charge is 0.187 e. The van der Waals surface area contributed by atoms with Gasteiger partial charge in [0, 0.05) is 38.8 Å². The van der Waals surface area contributed by atoms with Crippen molar-refractivity contribution < 1.29 is 38.8 Å². The molecule has 32 valence electrons. The van der Waals surface area contributed by atoms with Crippen LogP contribution < -0.4 is 0 Å². The molecule has 0 unspecified atom stereocenters. The zero-order chi connectivity index (χ0) is 2.00. The van der Waals surface area contributed by atoms with E-state index in [1.54, 1.807) is 0 Å². The summed E-state index contributed by atoms with van der Waals surface area (Å²) in [5.74, 6) is 0. The van der Waals surface area contributed by atoms with E-state index in [0.717, 1.165) is 0 Å². The Morgan fingerprint density at radius 3 is 1.20 bits per heavy atom. The van der Waals surface area contributed by atoms with E-state index in [1.807, 2.05) is 0 Å². The predicted octanol–water partition coefficient (Wildman–Crippen LogP) is -1.79. The van der Waals surface area contributed by atoms with Crippen LogP contribution in [0.4, 0.5) is 0 Å². The van der Waals surface area contributed by atoms with E-state index >= 15 is 0 Å². The average molecular weight is 180 g/mol. The van der Waals surface area contributed by atoms with Crippen molar-refractivity contribution >= 4 is 27.6 Å². The fraction of sp³-hybridized carbons (Fsp3) is 1.00. The van der Waals surface area contributed by atoms with E-state index in [-0.39, 0.29) is 56.1 Å². The van der Waals surface area contributed by atoms with Gasteiger partial charge in [-0.3, -0.25) is 0 Å².